The maximum Gasteiger partial charge on any atom is 0.417 e. The lowest BCUT2D eigenvalue weighted by Crippen LogP contribution is -2.57. The standard InChI is InChI=1S/2C19H17F3N2O5/c2*20-19(21,22)11-5-10(2-1-9(11)7-23)24-15(27)13-14-16(24)28-4-3-18(14)12(26)6-17(13,8-25)29-18/h2*1-2,5,12-14,16,25-26H,3-4,6,8H2/t2*12-,13+,14-,16-,17-,18-/m10/s1. The number of hydrogen-bond donors (Lipinski definition) is 4. The van der Waals surface area contributed by atoms with Crippen molar-refractivity contribution in [3.05, 3.63) is 58.7 Å². The summed E-state index contributed by atoms with van der Waals surface area (Å²) in [6.45, 7) is -0.668. The molecule has 20 heteroatoms. The van der Waals surface area contributed by atoms with Crippen LogP contribution in [0.3, 0.4) is 0 Å². The van der Waals surface area contributed by atoms with Crippen molar-refractivity contribution in [2.45, 2.75) is 85.1 Å². The van der Waals surface area contributed by atoms with Gasteiger partial charge in [-0.25, -0.2) is 0 Å². The van der Waals surface area contributed by atoms with E-state index in [0.29, 0.717) is 12.8 Å². The van der Waals surface area contributed by atoms with E-state index < -0.39 is 130 Å². The Morgan fingerprint density at radius 2 is 1.07 bits per heavy atom. The van der Waals surface area contributed by atoms with Crippen molar-refractivity contribution in [3.63, 3.8) is 0 Å². The first-order valence-corrected chi connectivity index (χ1v) is 18.5. The SMILES string of the molecule is N#Cc1ccc(N2C(=O)[C@@H]3[C@@H]4[C@H]2OCC[C@]42O[C@@]3(CO)C[C@H]2O)cc1C(F)(F)F.N#Cc1ccc(N2C(=O)[C@H]3[C@H]4[C@@H]2OCC[C@@]42O[C@]3(CO)C[C@@H]2O)cc1C(F)(F)F. The van der Waals surface area contributed by atoms with Crippen molar-refractivity contribution in [3.8, 4) is 12.1 Å². The van der Waals surface area contributed by atoms with E-state index >= 15 is 0 Å². The zero-order valence-electron chi connectivity index (χ0n) is 30.0. The summed E-state index contributed by atoms with van der Waals surface area (Å²) in [7, 11) is 0. The topological polar surface area (TPSA) is 206 Å². The zero-order chi connectivity index (χ0) is 41.5. The summed E-state index contributed by atoms with van der Waals surface area (Å²) in [6.07, 6.45) is -12.3. The van der Waals surface area contributed by atoms with E-state index in [1.54, 1.807) is 0 Å². The number of alkyl halides is 6. The lowest BCUT2D eigenvalue weighted by Gasteiger charge is -2.43. The van der Waals surface area contributed by atoms with Crippen molar-refractivity contribution >= 4 is 23.2 Å². The van der Waals surface area contributed by atoms with E-state index in [9.17, 15) is 56.4 Å². The summed E-state index contributed by atoms with van der Waals surface area (Å²) in [6, 6.07) is 9.19. The highest BCUT2D eigenvalue weighted by atomic mass is 19.4. The second kappa shape index (κ2) is 12.6. The summed E-state index contributed by atoms with van der Waals surface area (Å²) in [5, 5.41) is 59.2. The van der Waals surface area contributed by atoms with Crippen molar-refractivity contribution < 1.29 is 75.3 Å². The molecule has 2 aromatic rings. The largest absolute Gasteiger partial charge is 0.417 e. The number of carbonyl (C=O) groups excluding carboxylic acids is 2. The maximum atomic E-state index is 13.4. The number of rotatable bonds is 4. The van der Waals surface area contributed by atoms with Gasteiger partial charge in [0.15, 0.2) is 0 Å². The summed E-state index contributed by atoms with van der Waals surface area (Å²) < 4.78 is 104. The summed E-state index contributed by atoms with van der Waals surface area (Å²) in [5.74, 6) is -3.89. The molecule has 308 valence electrons. The number of aliphatic hydroxyl groups is 4. The third kappa shape index (κ3) is 4.94. The second-order valence-electron chi connectivity index (χ2n) is 16.1. The monoisotopic (exact) mass is 820 g/mol. The minimum atomic E-state index is -4.76. The first-order chi connectivity index (χ1) is 27.4. The first-order valence-electron chi connectivity index (χ1n) is 18.5. The molecule has 8 fully saturated rings. The average Bonchev–Trinajstić information content (AvgIpc) is 3.98. The number of nitrogens with zero attached hydrogens (tertiary/aromatic N) is 4. The fraction of sp³-hybridized carbons (Fsp3) is 0.579. The van der Waals surface area contributed by atoms with Crippen molar-refractivity contribution in [2.75, 3.05) is 36.2 Å². The molecule has 4 bridgehead atoms. The summed E-state index contributed by atoms with van der Waals surface area (Å²) >= 11 is 0. The van der Waals surface area contributed by atoms with Crippen molar-refractivity contribution in [1.29, 1.82) is 10.5 Å². The lowest BCUT2D eigenvalue weighted by molar-refractivity contribution is -0.169. The fourth-order valence-corrected chi connectivity index (χ4v) is 11.4. The van der Waals surface area contributed by atoms with Gasteiger partial charge in [0, 0.05) is 37.1 Å². The number of carbonyl (C=O) groups is 2. The molecule has 8 saturated heterocycles. The Labute approximate surface area is 324 Å². The highest BCUT2D eigenvalue weighted by molar-refractivity contribution is 6.01. The second-order valence-corrected chi connectivity index (χ2v) is 16.1. The number of fused-ring (bicyclic) bond motifs is 4. The highest BCUT2D eigenvalue weighted by Crippen LogP contribution is 2.67. The summed E-state index contributed by atoms with van der Waals surface area (Å²) in [4.78, 5) is 29.0. The third-order valence-electron chi connectivity index (χ3n) is 13.6. The number of halogens is 6. The number of amides is 2. The molecule has 0 radical (unpaired) electrons. The van der Waals surface area contributed by atoms with Gasteiger partial charge in [-0.3, -0.25) is 19.4 Å². The van der Waals surface area contributed by atoms with E-state index in [0.717, 1.165) is 34.1 Å². The van der Waals surface area contributed by atoms with Crippen LogP contribution < -0.4 is 9.80 Å². The molecule has 2 spiro atoms. The van der Waals surface area contributed by atoms with Crippen LogP contribution in [0, 0.1) is 46.3 Å². The maximum absolute atomic E-state index is 13.4. The Balaban J connectivity index is 0.000000150. The average molecular weight is 821 g/mol. The molecule has 0 aromatic heterocycles. The Bertz CT molecular complexity index is 2050. The fourth-order valence-electron chi connectivity index (χ4n) is 11.4. The van der Waals surface area contributed by atoms with Gasteiger partial charge in [0.25, 0.3) is 0 Å². The number of aliphatic hydroxyl groups excluding tert-OH is 4. The quantitative estimate of drug-likeness (QED) is 0.328. The predicted octanol–water partition coefficient (Wildman–Crippen LogP) is 2.33. The van der Waals surface area contributed by atoms with E-state index in [1.165, 1.54) is 24.3 Å². The van der Waals surface area contributed by atoms with Crippen molar-refractivity contribution in [1.82, 2.24) is 0 Å². The van der Waals surface area contributed by atoms with Crippen LogP contribution in [0.1, 0.15) is 47.9 Å². The van der Waals surface area contributed by atoms with Gasteiger partial charge in [0.05, 0.1) is 96.7 Å². The number of nitriles is 2. The van der Waals surface area contributed by atoms with Gasteiger partial charge in [0.2, 0.25) is 11.8 Å². The Morgan fingerprint density at radius 1 is 0.690 bits per heavy atom. The van der Waals surface area contributed by atoms with Crippen LogP contribution in [-0.4, -0.2) is 106 Å². The molecule has 8 aliphatic heterocycles. The van der Waals surface area contributed by atoms with Crippen molar-refractivity contribution in [2.24, 2.45) is 23.7 Å². The number of benzene rings is 2. The minimum Gasteiger partial charge on any atom is -0.393 e. The summed E-state index contributed by atoms with van der Waals surface area (Å²) in [5.41, 5.74) is -8.13. The minimum absolute atomic E-state index is 0.0419. The van der Waals surface area contributed by atoms with Gasteiger partial charge < -0.3 is 39.4 Å². The molecular formula is C38H34F6N4O10. The third-order valence-corrected chi connectivity index (χ3v) is 13.6. The molecule has 58 heavy (non-hydrogen) atoms. The van der Waals surface area contributed by atoms with Gasteiger partial charge in [-0.1, -0.05) is 0 Å². The van der Waals surface area contributed by atoms with Crippen LogP contribution in [0.25, 0.3) is 0 Å². The highest BCUT2D eigenvalue weighted by Gasteiger charge is 2.81. The van der Waals surface area contributed by atoms with E-state index in [-0.39, 0.29) is 37.4 Å². The number of ether oxygens (including phenoxy) is 4. The molecule has 0 aliphatic carbocycles. The van der Waals surface area contributed by atoms with Crippen LogP contribution in [0.4, 0.5) is 37.7 Å². The molecule has 14 nitrogen and oxygen atoms in total. The molecular weight excluding hydrogens is 786 g/mol. The van der Waals surface area contributed by atoms with Gasteiger partial charge >= 0.3 is 12.4 Å². The molecule has 2 amide bonds. The normalized spacial score (nSPS) is 40.3. The van der Waals surface area contributed by atoms with Gasteiger partial charge in [-0.15, -0.1) is 0 Å². The molecule has 0 unspecified atom stereocenters. The Morgan fingerprint density at radius 3 is 1.40 bits per heavy atom. The molecule has 10 rings (SSSR count). The molecule has 2 aromatic carbocycles. The van der Waals surface area contributed by atoms with Crippen LogP contribution >= 0.6 is 0 Å². The lowest BCUT2D eigenvalue weighted by atomic mass is 9.64. The van der Waals surface area contributed by atoms with E-state index in [2.05, 4.69) is 0 Å². The molecule has 4 N–H and O–H groups in total. The molecule has 8 aliphatic rings. The van der Waals surface area contributed by atoms with Crippen LogP contribution in [0.15, 0.2) is 36.4 Å². The smallest absolute Gasteiger partial charge is 0.393 e. The Kier molecular flexibility index (Phi) is 8.47. The Hall–Kier alpha value is -4.38. The van der Waals surface area contributed by atoms with Gasteiger partial charge in [-0.2, -0.15) is 36.9 Å². The zero-order valence-corrected chi connectivity index (χ0v) is 30.0. The molecule has 0 saturated carbocycles. The predicted molar refractivity (Wildman–Crippen MR) is 178 cm³/mol. The molecule has 12 atom stereocenters. The van der Waals surface area contributed by atoms with Crippen LogP contribution in [0.5, 0.6) is 0 Å². The number of hydrogen-bond acceptors (Lipinski definition) is 12. The molecule has 8 heterocycles. The van der Waals surface area contributed by atoms with Gasteiger partial charge in [-0.05, 0) is 36.4 Å². The van der Waals surface area contributed by atoms with E-state index in [4.69, 9.17) is 29.5 Å². The first kappa shape index (κ1) is 39.1. The van der Waals surface area contributed by atoms with Crippen LogP contribution in [-0.2, 0) is 40.9 Å². The van der Waals surface area contributed by atoms with E-state index in [1.807, 2.05) is 0 Å². The van der Waals surface area contributed by atoms with Gasteiger partial charge in [0.1, 0.15) is 34.9 Å². The van der Waals surface area contributed by atoms with Crippen LogP contribution in [0.2, 0.25) is 0 Å². The number of anilines is 2.